The lowest BCUT2D eigenvalue weighted by molar-refractivity contribution is -0.133. The maximum Gasteiger partial charge on any atom is 0.182 e. The van der Waals surface area contributed by atoms with Gasteiger partial charge >= 0.3 is 0 Å². The topological polar surface area (TPSA) is 82.0 Å². The van der Waals surface area contributed by atoms with Crippen LogP contribution in [0.2, 0.25) is 5.15 Å². The van der Waals surface area contributed by atoms with E-state index in [1.165, 1.54) is 54.9 Å². The van der Waals surface area contributed by atoms with Crippen molar-refractivity contribution in [1.29, 1.82) is 0 Å². The number of carbonyl (C=O) groups excluding carboxylic acids is 2. The average molecular weight is 494 g/mol. The Kier molecular flexibility index (Phi) is 5.98. The molecule has 0 bridgehead atoms. The first kappa shape index (κ1) is 23.0. The van der Waals surface area contributed by atoms with Crippen molar-refractivity contribution < 1.29 is 23.1 Å². The summed E-state index contributed by atoms with van der Waals surface area (Å²) in [6, 6.07) is 11.4. The third-order valence-electron chi connectivity index (χ3n) is 6.06. The third-order valence-corrected chi connectivity index (χ3v) is 6.24. The Balaban J connectivity index is 1.29. The molecular formula is C26H18ClF2N3O3. The molecule has 2 heterocycles. The monoisotopic (exact) mass is 493 g/mol. The second kappa shape index (κ2) is 9.11. The molecule has 176 valence electrons. The number of halogens is 3. The van der Waals surface area contributed by atoms with Crippen LogP contribution in [0.3, 0.4) is 0 Å². The average Bonchev–Trinajstić information content (AvgIpc) is 3.65. The fourth-order valence-corrected chi connectivity index (χ4v) is 4.10. The largest absolute Gasteiger partial charge is 0.452 e. The molecule has 0 atom stereocenters. The molecule has 0 saturated heterocycles. The number of rotatable bonds is 8. The highest BCUT2D eigenvalue weighted by Crippen LogP contribution is 2.49. The molecule has 1 aliphatic carbocycles. The second-order valence-electron chi connectivity index (χ2n) is 8.45. The van der Waals surface area contributed by atoms with E-state index in [0.717, 1.165) is 0 Å². The van der Waals surface area contributed by atoms with Crippen LogP contribution >= 0.6 is 11.6 Å². The van der Waals surface area contributed by atoms with Crippen molar-refractivity contribution in [3.8, 4) is 11.5 Å². The van der Waals surface area contributed by atoms with E-state index in [4.69, 9.17) is 16.3 Å². The van der Waals surface area contributed by atoms with Gasteiger partial charge in [-0.2, -0.15) is 0 Å². The molecule has 0 amide bonds. The first-order chi connectivity index (χ1) is 16.8. The van der Waals surface area contributed by atoms with E-state index >= 15 is 0 Å². The fraction of sp³-hybridized carbons (Fsp3) is 0.192. The van der Waals surface area contributed by atoms with E-state index in [1.54, 1.807) is 6.07 Å². The molecule has 5 rings (SSSR count). The molecule has 0 radical (unpaired) electrons. The van der Waals surface area contributed by atoms with Crippen molar-refractivity contribution >= 4 is 34.3 Å². The van der Waals surface area contributed by atoms with Crippen LogP contribution in [-0.2, 0) is 22.4 Å². The molecule has 1 saturated carbocycles. The molecular weight excluding hydrogens is 476 g/mol. The Morgan fingerprint density at radius 2 is 1.60 bits per heavy atom. The summed E-state index contributed by atoms with van der Waals surface area (Å²) in [7, 11) is 0. The Morgan fingerprint density at radius 1 is 0.914 bits per heavy atom. The fourth-order valence-electron chi connectivity index (χ4n) is 3.96. The van der Waals surface area contributed by atoms with Gasteiger partial charge in [0.2, 0.25) is 0 Å². The summed E-state index contributed by atoms with van der Waals surface area (Å²) in [5.41, 5.74) is 0.623. The standard InChI is InChI=1S/C26H18ClF2N3O3/c27-23-14-31-25-24(32-23)20(7-10-30-25)35-19-6-3-16(11-18(19)29)13-22(34)26(8-9-26)21(33)12-15-1-4-17(28)5-2-15/h1-7,10-11,14H,8-9,12-13H2. The smallest absolute Gasteiger partial charge is 0.182 e. The second-order valence-corrected chi connectivity index (χ2v) is 8.84. The van der Waals surface area contributed by atoms with Gasteiger partial charge in [0, 0.05) is 25.1 Å². The van der Waals surface area contributed by atoms with E-state index < -0.39 is 11.2 Å². The number of ether oxygens (including phenoxy) is 1. The van der Waals surface area contributed by atoms with E-state index in [-0.39, 0.29) is 52.4 Å². The number of carbonyl (C=O) groups is 2. The zero-order chi connectivity index (χ0) is 24.6. The number of benzene rings is 2. The first-order valence-corrected chi connectivity index (χ1v) is 11.3. The van der Waals surface area contributed by atoms with Gasteiger partial charge in [0.05, 0.1) is 11.6 Å². The van der Waals surface area contributed by atoms with Crippen LogP contribution in [0, 0.1) is 17.0 Å². The summed E-state index contributed by atoms with van der Waals surface area (Å²) >= 11 is 5.91. The Bertz CT molecular complexity index is 1460. The zero-order valence-electron chi connectivity index (χ0n) is 18.3. The highest BCUT2D eigenvalue weighted by molar-refractivity contribution is 6.29. The summed E-state index contributed by atoms with van der Waals surface area (Å²) in [5, 5.41) is 0.146. The number of hydrogen-bond donors (Lipinski definition) is 0. The van der Waals surface area contributed by atoms with Crippen LogP contribution in [0.1, 0.15) is 24.0 Å². The van der Waals surface area contributed by atoms with Crippen molar-refractivity contribution in [1.82, 2.24) is 15.0 Å². The summed E-state index contributed by atoms with van der Waals surface area (Å²) in [6.45, 7) is 0. The van der Waals surface area contributed by atoms with Crippen LogP contribution in [0.4, 0.5) is 8.78 Å². The molecule has 1 aliphatic rings. The molecule has 6 nitrogen and oxygen atoms in total. The summed E-state index contributed by atoms with van der Waals surface area (Å²) in [5.74, 6) is -1.33. The van der Waals surface area contributed by atoms with Gasteiger partial charge in [-0.1, -0.05) is 29.8 Å². The lowest BCUT2D eigenvalue weighted by Crippen LogP contribution is -2.28. The summed E-state index contributed by atoms with van der Waals surface area (Å²) in [4.78, 5) is 38.1. The van der Waals surface area contributed by atoms with Crippen molar-refractivity contribution in [2.45, 2.75) is 25.7 Å². The summed E-state index contributed by atoms with van der Waals surface area (Å²) in [6.07, 6.45) is 3.72. The third kappa shape index (κ3) is 4.74. The molecule has 0 spiro atoms. The summed E-state index contributed by atoms with van der Waals surface area (Å²) < 4.78 is 33.6. The van der Waals surface area contributed by atoms with Crippen LogP contribution in [0.5, 0.6) is 11.5 Å². The van der Waals surface area contributed by atoms with E-state index in [2.05, 4.69) is 15.0 Å². The van der Waals surface area contributed by atoms with Gasteiger partial charge in [0.15, 0.2) is 40.0 Å². The minimum Gasteiger partial charge on any atom is -0.452 e. The predicted molar refractivity (Wildman–Crippen MR) is 124 cm³/mol. The van der Waals surface area contributed by atoms with Crippen LogP contribution < -0.4 is 4.74 Å². The van der Waals surface area contributed by atoms with Gasteiger partial charge in [-0.3, -0.25) is 9.59 Å². The maximum atomic E-state index is 14.8. The SMILES string of the molecule is O=C(Cc1ccc(F)cc1)C1(C(=O)Cc2ccc(Oc3ccnc4ncc(Cl)nc34)c(F)c2)CC1. The highest BCUT2D eigenvalue weighted by atomic mass is 35.5. The van der Waals surface area contributed by atoms with Crippen molar-refractivity contribution in [2.75, 3.05) is 0 Å². The molecule has 0 aliphatic heterocycles. The van der Waals surface area contributed by atoms with Crippen LogP contribution in [0.15, 0.2) is 60.9 Å². The Labute approximate surface area is 204 Å². The van der Waals surface area contributed by atoms with Crippen molar-refractivity contribution in [2.24, 2.45) is 5.41 Å². The molecule has 0 unspecified atom stereocenters. The van der Waals surface area contributed by atoms with Gasteiger partial charge < -0.3 is 4.74 Å². The van der Waals surface area contributed by atoms with Gasteiger partial charge in [0.1, 0.15) is 11.0 Å². The quantitative estimate of drug-likeness (QED) is 0.303. The molecule has 35 heavy (non-hydrogen) atoms. The van der Waals surface area contributed by atoms with Gasteiger partial charge in [-0.05, 0) is 48.2 Å². The van der Waals surface area contributed by atoms with E-state index in [1.807, 2.05) is 0 Å². The van der Waals surface area contributed by atoms with Crippen LogP contribution in [-0.4, -0.2) is 26.5 Å². The number of fused-ring (bicyclic) bond motifs is 1. The number of ketones is 2. The highest BCUT2D eigenvalue weighted by Gasteiger charge is 2.54. The number of pyridine rings is 1. The Hall–Kier alpha value is -3.78. The first-order valence-electron chi connectivity index (χ1n) is 10.9. The molecule has 4 aromatic rings. The molecule has 0 N–H and O–H groups in total. The predicted octanol–water partition coefficient (Wildman–Crippen LogP) is 5.45. The number of Topliss-reactive ketones (excluding diaryl/α,β-unsaturated/α-hetero) is 2. The van der Waals surface area contributed by atoms with Crippen molar-refractivity contribution in [3.05, 3.63) is 88.8 Å². The Morgan fingerprint density at radius 3 is 2.29 bits per heavy atom. The van der Waals surface area contributed by atoms with E-state index in [9.17, 15) is 18.4 Å². The molecule has 1 fully saturated rings. The number of hydrogen-bond acceptors (Lipinski definition) is 6. The molecule has 2 aromatic heterocycles. The number of aromatic nitrogens is 3. The lowest BCUT2D eigenvalue weighted by Gasteiger charge is -2.14. The normalized spacial score (nSPS) is 14.0. The molecule has 2 aromatic carbocycles. The molecule has 9 heteroatoms. The maximum absolute atomic E-state index is 14.8. The zero-order valence-corrected chi connectivity index (χ0v) is 19.1. The minimum atomic E-state index is -1.05. The van der Waals surface area contributed by atoms with Gasteiger partial charge in [0.25, 0.3) is 0 Å². The van der Waals surface area contributed by atoms with Crippen LogP contribution in [0.25, 0.3) is 11.2 Å². The van der Waals surface area contributed by atoms with Gasteiger partial charge in [-0.25, -0.2) is 23.7 Å². The lowest BCUT2D eigenvalue weighted by atomic mass is 9.88. The van der Waals surface area contributed by atoms with Gasteiger partial charge in [-0.15, -0.1) is 0 Å². The number of nitrogens with zero attached hydrogens (tertiary/aromatic N) is 3. The minimum absolute atomic E-state index is 0.0555. The van der Waals surface area contributed by atoms with Crippen molar-refractivity contribution in [3.63, 3.8) is 0 Å². The van der Waals surface area contributed by atoms with E-state index in [0.29, 0.717) is 29.6 Å².